The second-order valence-corrected chi connectivity index (χ2v) is 6.01. The van der Waals surface area contributed by atoms with Crippen LogP contribution in [-0.4, -0.2) is 14.8 Å². The Bertz CT molecular complexity index is 739. The summed E-state index contributed by atoms with van der Waals surface area (Å²) in [7, 11) is 0. The largest absolute Gasteiger partial charge is 0.383 e. The third-order valence-corrected chi connectivity index (χ3v) is 4.10. The van der Waals surface area contributed by atoms with Gasteiger partial charge in [-0.25, -0.2) is 4.98 Å². The molecule has 0 saturated heterocycles. The third-order valence-electron chi connectivity index (χ3n) is 3.11. The summed E-state index contributed by atoms with van der Waals surface area (Å²) in [4.78, 5) is 4.60. The van der Waals surface area contributed by atoms with Crippen LogP contribution in [0.25, 0.3) is 15.3 Å². The van der Waals surface area contributed by atoms with Crippen LogP contribution in [0.3, 0.4) is 0 Å². The molecule has 0 unspecified atom stereocenters. The van der Waals surface area contributed by atoms with Gasteiger partial charge in [0.15, 0.2) is 0 Å². The summed E-state index contributed by atoms with van der Waals surface area (Å²) in [6, 6.07) is 8.25. The minimum absolute atomic E-state index is 0.520. The molecular formula is C14H16N4S. The molecule has 2 N–H and O–H groups in total. The van der Waals surface area contributed by atoms with E-state index in [1.165, 1.54) is 10.3 Å². The molecule has 3 aromatic rings. The monoisotopic (exact) mass is 272 g/mol. The quantitative estimate of drug-likeness (QED) is 0.776. The fraction of sp³-hybridized carbons (Fsp3) is 0.286. The summed E-state index contributed by atoms with van der Waals surface area (Å²) in [6.07, 6.45) is 0. The number of thiazole rings is 1. The molecule has 4 nitrogen and oxygen atoms in total. The van der Waals surface area contributed by atoms with Gasteiger partial charge in [0.25, 0.3) is 0 Å². The molecule has 1 aromatic carbocycles. The first-order chi connectivity index (χ1) is 9.04. The highest BCUT2D eigenvalue weighted by molar-refractivity contribution is 7.20. The predicted octanol–water partition coefficient (Wildman–Crippen LogP) is 3.50. The maximum absolute atomic E-state index is 5.94. The van der Waals surface area contributed by atoms with Crippen molar-refractivity contribution in [3.05, 3.63) is 35.5 Å². The van der Waals surface area contributed by atoms with Gasteiger partial charge in [0.2, 0.25) is 5.13 Å². The first-order valence-corrected chi connectivity index (χ1v) is 7.09. The van der Waals surface area contributed by atoms with E-state index < -0.39 is 0 Å². The Morgan fingerprint density at radius 1 is 1.26 bits per heavy atom. The summed E-state index contributed by atoms with van der Waals surface area (Å²) in [5.74, 6) is 1.15. The van der Waals surface area contributed by atoms with E-state index >= 15 is 0 Å². The Morgan fingerprint density at radius 3 is 2.68 bits per heavy atom. The van der Waals surface area contributed by atoms with Crippen molar-refractivity contribution in [2.45, 2.75) is 26.7 Å². The number of anilines is 1. The first-order valence-electron chi connectivity index (χ1n) is 6.27. The van der Waals surface area contributed by atoms with Gasteiger partial charge in [0.1, 0.15) is 5.82 Å². The van der Waals surface area contributed by atoms with Crippen LogP contribution in [-0.2, 0) is 0 Å². The molecule has 0 fully saturated rings. The Labute approximate surface area is 115 Å². The minimum Gasteiger partial charge on any atom is -0.383 e. The van der Waals surface area contributed by atoms with E-state index in [9.17, 15) is 0 Å². The second-order valence-electron chi connectivity index (χ2n) is 5.00. The maximum Gasteiger partial charge on any atom is 0.213 e. The molecule has 0 aliphatic heterocycles. The Balaban J connectivity index is 2.14. The van der Waals surface area contributed by atoms with Crippen molar-refractivity contribution in [2.75, 3.05) is 5.73 Å². The van der Waals surface area contributed by atoms with Crippen molar-refractivity contribution in [1.29, 1.82) is 0 Å². The molecule has 5 heteroatoms. The van der Waals surface area contributed by atoms with Crippen LogP contribution in [0.1, 0.15) is 31.0 Å². The van der Waals surface area contributed by atoms with Crippen LogP contribution < -0.4 is 5.73 Å². The molecular weight excluding hydrogens is 256 g/mol. The molecule has 0 saturated carbocycles. The van der Waals surface area contributed by atoms with Crippen molar-refractivity contribution in [1.82, 2.24) is 14.8 Å². The van der Waals surface area contributed by atoms with Crippen LogP contribution in [0, 0.1) is 6.92 Å². The van der Waals surface area contributed by atoms with Crippen LogP contribution in [0.5, 0.6) is 0 Å². The average molecular weight is 272 g/mol. The number of nitrogens with zero attached hydrogens (tertiary/aromatic N) is 3. The first kappa shape index (κ1) is 12.2. The molecule has 0 aliphatic carbocycles. The smallest absolute Gasteiger partial charge is 0.213 e. The minimum atomic E-state index is 0.520. The molecule has 2 aromatic heterocycles. The number of benzene rings is 1. The van der Waals surface area contributed by atoms with Crippen LogP contribution in [0.4, 0.5) is 5.82 Å². The standard InChI is InChI=1S/C14H16N4S/c1-8(2)10-4-5-11-12(7-10)19-14(16-11)18-13(15)6-9(3)17-18/h4-8H,15H2,1-3H3. The van der Waals surface area contributed by atoms with Crippen molar-refractivity contribution in [3.63, 3.8) is 0 Å². The fourth-order valence-corrected chi connectivity index (χ4v) is 3.04. The molecule has 19 heavy (non-hydrogen) atoms. The highest BCUT2D eigenvalue weighted by Crippen LogP contribution is 2.29. The third kappa shape index (κ3) is 2.10. The van der Waals surface area contributed by atoms with Gasteiger partial charge in [-0.3, -0.25) is 0 Å². The lowest BCUT2D eigenvalue weighted by Crippen LogP contribution is -2.00. The van der Waals surface area contributed by atoms with E-state index in [0.29, 0.717) is 11.7 Å². The van der Waals surface area contributed by atoms with E-state index in [-0.39, 0.29) is 0 Å². The predicted molar refractivity (Wildman–Crippen MR) is 80.0 cm³/mol. The van der Waals surface area contributed by atoms with Gasteiger partial charge < -0.3 is 5.73 Å². The number of fused-ring (bicyclic) bond motifs is 1. The average Bonchev–Trinajstić information content (AvgIpc) is 2.90. The maximum atomic E-state index is 5.94. The summed E-state index contributed by atoms with van der Waals surface area (Å²) < 4.78 is 2.88. The molecule has 0 aliphatic rings. The summed E-state index contributed by atoms with van der Waals surface area (Å²) in [5, 5.41) is 5.19. The summed E-state index contributed by atoms with van der Waals surface area (Å²) in [6.45, 7) is 6.31. The molecule has 0 spiro atoms. The molecule has 0 atom stereocenters. The lowest BCUT2D eigenvalue weighted by molar-refractivity contribution is 0.864. The Morgan fingerprint density at radius 2 is 2.05 bits per heavy atom. The van der Waals surface area contributed by atoms with Crippen molar-refractivity contribution in [3.8, 4) is 5.13 Å². The van der Waals surface area contributed by atoms with E-state index in [4.69, 9.17) is 5.73 Å². The number of hydrogen-bond donors (Lipinski definition) is 1. The van der Waals surface area contributed by atoms with Gasteiger partial charge in [-0.05, 0) is 30.5 Å². The summed E-state index contributed by atoms with van der Waals surface area (Å²) in [5.41, 5.74) is 9.17. The van der Waals surface area contributed by atoms with Gasteiger partial charge in [0, 0.05) is 6.07 Å². The number of aromatic nitrogens is 3. The van der Waals surface area contributed by atoms with Crippen molar-refractivity contribution >= 4 is 27.4 Å². The van der Waals surface area contributed by atoms with Crippen LogP contribution in [0.2, 0.25) is 0 Å². The SMILES string of the molecule is Cc1cc(N)n(-c2nc3ccc(C(C)C)cc3s2)n1. The van der Waals surface area contributed by atoms with E-state index in [2.05, 4.69) is 42.1 Å². The highest BCUT2D eigenvalue weighted by atomic mass is 32.1. The van der Waals surface area contributed by atoms with Crippen LogP contribution in [0.15, 0.2) is 24.3 Å². The topological polar surface area (TPSA) is 56.7 Å². The van der Waals surface area contributed by atoms with Crippen molar-refractivity contribution in [2.24, 2.45) is 0 Å². The lowest BCUT2D eigenvalue weighted by Gasteiger charge is -2.03. The molecule has 0 radical (unpaired) electrons. The zero-order valence-corrected chi connectivity index (χ0v) is 12.0. The number of hydrogen-bond acceptors (Lipinski definition) is 4. The Hall–Kier alpha value is -1.88. The second kappa shape index (κ2) is 4.35. The van der Waals surface area contributed by atoms with Gasteiger partial charge >= 0.3 is 0 Å². The normalized spacial score (nSPS) is 11.6. The molecule has 0 amide bonds. The van der Waals surface area contributed by atoms with Crippen LogP contribution >= 0.6 is 11.3 Å². The molecule has 0 bridgehead atoms. The fourth-order valence-electron chi connectivity index (χ4n) is 2.05. The number of rotatable bonds is 2. The van der Waals surface area contributed by atoms with Gasteiger partial charge in [-0.1, -0.05) is 31.3 Å². The Kier molecular flexibility index (Phi) is 2.78. The number of aryl methyl sites for hydroxylation is 1. The van der Waals surface area contributed by atoms with E-state index in [0.717, 1.165) is 16.3 Å². The molecule has 98 valence electrons. The van der Waals surface area contributed by atoms with E-state index in [1.807, 2.05) is 13.0 Å². The van der Waals surface area contributed by atoms with Gasteiger partial charge in [-0.15, -0.1) is 0 Å². The lowest BCUT2D eigenvalue weighted by atomic mass is 10.0. The summed E-state index contributed by atoms with van der Waals surface area (Å²) >= 11 is 1.62. The number of nitrogens with two attached hydrogens (primary N) is 1. The zero-order valence-electron chi connectivity index (χ0n) is 11.2. The number of nitrogen functional groups attached to an aromatic ring is 1. The van der Waals surface area contributed by atoms with Gasteiger partial charge in [-0.2, -0.15) is 9.78 Å². The highest BCUT2D eigenvalue weighted by Gasteiger charge is 2.11. The van der Waals surface area contributed by atoms with Crippen molar-refractivity contribution < 1.29 is 0 Å². The molecule has 3 rings (SSSR count). The zero-order chi connectivity index (χ0) is 13.6. The molecule has 2 heterocycles. The van der Waals surface area contributed by atoms with E-state index in [1.54, 1.807) is 16.0 Å². The van der Waals surface area contributed by atoms with Gasteiger partial charge in [0.05, 0.1) is 15.9 Å².